The monoisotopic (exact) mass is 820 g/mol. The van der Waals surface area contributed by atoms with E-state index in [9.17, 15) is 0 Å². The molecule has 0 atom stereocenters. The summed E-state index contributed by atoms with van der Waals surface area (Å²) in [7, 11) is -31.3. The number of hydrogen-bond acceptors (Lipinski definition) is 10. The zero-order valence-corrected chi connectivity index (χ0v) is 33.0. The summed E-state index contributed by atoms with van der Waals surface area (Å²) in [5.41, 5.74) is 0. The van der Waals surface area contributed by atoms with Gasteiger partial charge in [0.05, 0.1) is 0 Å². The van der Waals surface area contributed by atoms with Crippen LogP contribution >= 0.6 is 0 Å². The first-order chi connectivity index (χ1) is 17.3. The van der Waals surface area contributed by atoms with Crippen molar-refractivity contribution >= 4 is 91.7 Å². The van der Waals surface area contributed by atoms with E-state index >= 15 is 0 Å². The third-order valence-corrected chi connectivity index (χ3v) is 0. The fourth-order valence-corrected chi connectivity index (χ4v) is 0. The van der Waals surface area contributed by atoms with E-state index < -0.39 is 91.7 Å². The van der Waals surface area contributed by atoms with Gasteiger partial charge in [0.1, 0.15) is 0 Å². The summed E-state index contributed by atoms with van der Waals surface area (Å²) >= 11 is 0. The standard InChI is InChI=1S/5Li.10H2O3Si.5H/c;;;;;10*1-4(2)3;;;;;/h;;;;;10*1-2H;;;;;/q5*+1;;;;;;;;;;;5*-1. The zero-order chi connectivity index (χ0) is 35.8. The Balaban J connectivity index is -0.0000000109. The van der Waals surface area contributed by atoms with Crippen LogP contribution in [0.25, 0.3) is 0 Å². The van der Waals surface area contributed by atoms with Crippen molar-refractivity contribution in [2.24, 2.45) is 0 Å². The third kappa shape index (κ3) is 103000. The van der Waals surface area contributed by atoms with Gasteiger partial charge in [-0.15, -0.1) is 0 Å². The molecule has 0 aromatic carbocycles. The van der Waals surface area contributed by atoms with Crippen molar-refractivity contribution in [2.75, 3.05) is 0 Å². The molecule has 0 unspecified atom stereocenters. The molecule has 0 radical (unpaired) electrons. The van der Waals surface area contributed by atoms with E-state index in [0.717, 1.165) is 0 Å². The van der Waals surface area contributed by atoms with Crippen LogP contribution in [0.5, 0.6) is 0 Å². The Bertz CT molecular complexity index is 508. The van der Waals surface area contributed by atoms with Crippen molar-refractivity contribution in [3.8, 4) is 0 Å². The van der Waals surface area contributed by atoms with Crippen molar-refractivity contribution < 1.29 is 242 Å². The van der Waals surface area contributed by atoms with Crippen molar-refractivity contribution in [1.82, 2.24) is 0 Å². The maximum atomic E-state index is 8.74. The molecule has 0 fully saturated rings. The first kappa shape index (κ1) is 96.7. The van der Waals surface area contributed by atoms with Crippen molar-refractivity contribution in [3.05, 3.63) is 0 Å². The summed E-state index contributed by atoms with van der Waals surface area (Å²) in [6, 6.07) is 0. The molecule has 0 saturated carbocycles. The minimum absolute atomic E-state index is 0. The Labute approximate surface area is 331 Å². The van der Waals surface area contributed by atoms with Gasteiger partial charge in [-0.25, -0.2) is 0 Å². The molecule has 0 aromatic heterocycles. The van der Waals surface area contributed by atoms with Gasteiger partial charge in [-0.2, -0.15) is 0 Å². The van der Waals surface area contributed by atoms with Gasteiger partial charge in [-0.05, 0) is 0 Å². The predicted molar refractivity (Wildman–Crippen MR) is 114 cm³/mol. The molecule has 20 N–H and O–H groups in total. The summed E-state index contributed by atoms with van der Waals surface area (Å²) in [4.78, 5) is 143. The molecule has 0 aromatic rings. The first-order valence-electron chi connectivity index (χ1n) is 6.51. The molecule has 45 heteroatoms. The number of rotatable bonds is 0. The van der Waals surface area contributed by atoms with Crippen molar-refractivity contribution in [1.29, 1.82) is 0 Å². The smallest absolute Gasteiger partial charge is 1.00 e. The molecule has 0 heterocycles. The Kier molecular flexibility index (Phi) is 194. The largest absolute Gasteiger partial charge is 1.00 e. The van der Waals surface area contributed by atoms with E-state index in [1.54, 1.807) is 0 Å². The van der Waals surface area contributed by atoms with E-state index in [0.29, 0.717) is 0 Å². The van der Waals surface area contributed by atoms with E-state index in [4.69, 9.17) is 141 Å². The topological polar surface area (TPSA) is 575 Å². The molecule has 0 rings (SSSR count). The van der Waals surface area contributed by atoms with Crippen LogP contribution in [-0.2, 0) is 44.6 Å². The van der Waals surface area contributed by atoms with Crippen LogP contribution in [0, 0.1) is 0 Å². The minimum atomic E-state index is -3.13. The van der Waals surface area contributed by atoms with Gasteiger partial charge in [0.15, 0.2) is 0 Å². The molecule has 30 nitrogen and oxygen atoms in total. The molecular weight excluding hydrogens is 796 g/mol. The van der Waals surface area contributed by atoms with E-state index in [1.807, 2.05) is 0 Å². The summed E-state index contributed by atoms with van der Waals surface area (Å²) in [6.45, 7) is 0. The molecule has 0 aliphatic rings. The van der Waals surface area contributed by atoms with Crippen LogP contribution in [-0.4, -0.2) is 188 Å². The van der Waals surface area contributed by atoms with Gasteiger partial charge in [-0.1, -0.05) is 0 Å². The van der Waals surface area contributed by atoms with Crippen LogP contribution in [0.4, 0.5) is 0 Å². The average Bonchev–Trinajstić information content (AvgIpc) is 2.47. The second-order valence-electron chi connectivity index (χ2n) is 2.83. The van der Waals surface area contributed by atoms with Gasteiger partial charge in [0, 0.05) is 0 Å². The maximum absolute atomic E-state index is 8.74. The van der Waals surface area contributed by atoms with Crippen molar-refractivity contribution in [3.63, 3.8) is 0 Å². The second kappa shape index (κ2) is 90.2. The zero-order valence-electron chi connectivity index (χ0n) is 28.0. The minimum Gasteiger partial charge on any atom is -1.00 e. The fraction of sp³-hybridized carbons (Fsp3) is 0. The molecule has 0 bridgehead atoms. The summed E-state index contributed by atoms with van der Waals surface area (Å²) in [5.74, 6) is 0. The maximum Gasteiger partial charge on any atom is 1.00 e. The van der Waals surface area contributed by atoms with Gasteiger partial charge in [0.2, 0.25) is 0 Å². The molecule has 0 aliphatic carbocycles. The van der Waals surface area contributed by atoms with E-state index in [2.05, 4.69) is 0 Å². The van der Waals surface area contributed by atoms with Crippen LogP contribution in [0.3, 0.4) is 0 Å². The van der Waals surface area contributed by atoms with Crippen molar-refractivity contribution in [2.45, 2.75) is 0 Å². The SMILES string of the molecule is O=[Si](O)O.O=[Si](O)O.O=[Si](O)O.O=[Si](O)O.O=[Si](O)O.O=[Si](O)O.O=[Si](O)O.O=[Si](O)O.O=[Si](O)O.O=[Si](O)O.[H-].[H-].[H-].[H-].[H-].[Li+].[Li+].[Li+].[Li+].[Li+]. The molecule has 45 heavy (non-hydrogen) atoms. The Hall–Kier alpha value is -0.844. The van der Waals surface area contributed by atoms with E-state index in [1.165, 1.54) is 0 Å². The van der Waals surface area contributed by atoms with E-state index in [-0.39, 0.29) is 101 Å². The Morgan fingerprint density at radius 3 is 0.178 bits per heavy atom. The van der Waals surface area contributed by atoms with Gasteiger partial charge in [-0.3, -0.25) is 44.6 Å². The van der Waals surface area contributed by atoms with Gasteiger partial charge in [0.25, 0.3) is 0 Å². The average molecular weight is 821 g/mol. The Morgan fingerprint density at radius 2 is 0.178 bits per heavy atom. The third-order valence-electron chi connectivity index (χ3n) is 0. The normalized spacial score (nSPS) is 5.33. The summed E-state index contributed by atoms with van der Waals surface area (Å²) < 4.78 is 87.4. The quantitative estimate of drug-likeness (QED) is 0.101. The van der Waals surface area contributed by atoms with Crippen LogP contribution < -0.4 is 94.3 Å². The molecule has 0 spiro atoms. The van der Waals surface area contributed by atoms with Crippen LogP contribution in [0.15, 0.2) is 0 Å². The van der Waals surface area contributed by atoms with Gasteiger partial charge >= 0.3 is 186 Å². The molecule has 0 amide bonds. The molecule has 250 valence electrons. The number of hydrogen-bond donors (Lipinski definition) is 20. The molecule has 0 aliphatic heterocycles. The molecular formula is H25Li5O30Si10. The Morgan fingerprint density at radius 1 is 0.178 bits per heavy atom. The van der Waals surface area contributed by atoms with Gasteiger partial charge < -0.3 is 103 Å². The summed E-state index contributed by atoms with van der Waals surface area (Å²) in [6.07, 6.45) is 0. The first-order valence-corrected chi connectivity index (χ1v) is 19.5. The molecule has 0 saturated heterocycles. The predicted octanol–water partition coefficient (Wildman–Crippen LogP) is -30.6. The summed E-state index contributed by atoms with van der Waals surface area (Å²) in [5, 5.41) is 0. The van der Waals surface area contributed by atoms with Crippen LogP contribution in [0.2, 0.25) is 0 Å². The fourth-order valence-electron chi connectivity index (χ4n) is 0. The second-order valence-corrected chi connectivity index (χ2v) is 8.48. The van der Waals surface area contributed by atoms with Crippen LogP contribution in [0.1, 0.15) is 7.13 Å².